The van der Waals surface area contributed by atoms with Crippen LogP contribution in [-0.4, -0.2) is 36.8 Å². The largest absolute Gasteiger partial charge is 0.326 e. The van der Waals surface area contributed by atoms with Gasteiger partial charge in [-0.25, -0.2) is 0 Å². The van der Waals surface area contributed by atoms with Gasteiger partial charge in [-0.05, 0) is 62.1 Å². The Bertz CT molecular complexity index is 1130. The third kappa shape index (κ3) is 5.64. The molecule has 2 amide bonds. The molecule has 0 radical (unpaired) electrons. The Morgan fingerprint density at radius 3 is 2.41 bits per heavy atom. The Morgan fingerprint density at radius 1 is 1.06 bits per heavy atom. The Morgan fingerprint density at radius 2 is 1.76 bits per heavy atom. The normalized spacial score (nSPS) is 18.8. The van der Waals surface area contributed by atoms with Crippen molar-refractivity contribution in [2.75, 3.05) is 10.6 Å². The third-order valence-electron chi connectivity index (χ3n) is 6.11. The first-order chi connectivity index (χ1) is 16.4. The van der Waals surface area contributed by atoms with Gasteiger partial charge in [0, 0.05) is 42.3 Å². The molecule has 34 heavy (non-hydrogen) atoms. The number of carbonyl (C=O) groups is 2. The van der Waals surface area contributed by atoms with Gasteiger partial charge in [0.2, 0.25) is 11.8 Å². The standard InChI is InChI=1S/C25H30N6O2S/c1-16-7-4-5-9-22(16)31-23(19-8-6-14-26-15-19)29-30-25(31)34-17(2)24(33)28-21-12-10-20(11-13-21)27-18(3)32/h6,8,10-17,22H,4-5,7,9H2,1-3H3,(H,27,32)(H,28,33). The first-order valence-electron chi connectivity index (χ1n) is 11.6. The fraction of sp³-hybridized carbons (Fsp3) is 0.400. The molecule has 1 aromatic carbocycles. The summed E-state index contributed by atoms with van der Waals surface area (Å²) in [5, 5.41) is 15.1. The maximum absolute atomic E-state index is 12.9. The SMILES string of the molecule is CC(=O)Nc1ccc(NC(=O)C(C)Sc2nnc(-c3cccnc3)n2C2CCCCC2C)cc1. The van der Waals surface area contributed by atoms with Crippen LogP contribution >= 0.6 is 11.8 Å². The molecule has 2 aromatic heterocycles. The van der Waals surface area contributed by atoms with Crippen LogP contribution in [0.2, 0.25) is 0 Å². The summed E-state index contributed by atoms with van der Waals surface area (Å²) in [6.07, 6.45) is 8.21. The predicted molar refractivity (Wildman–Crippen MR) is 135 cm³/mol. The van der Waals surface area contributed by atoms with Gasteiger partial charge < -0.3 is 10.6 Å². The summed E-state index contributed by atoms with van der Waals surface area (Å²) in [5.74, 6) is 1.05. The molecule has 2 heterocycles. The lowest BCUT2D eigenvalue weighted by Gasteiger charge is -2.31. The van der Waals surface area contributed by atoms with Crippen molar-refractivity contribution in [2.24, 2.45) is 5.92 Å². The number of amides is 2. The van der Waals surface area contributed by atoms with E-state index in [-0.39, 0.29) is 23.1 Å². The molecule has 3 unspecified atom stereocenters. The summed E-state index contributed by atoms with van der Waals surface area (Å²) in [5.41, 5.74) is 2.28. The second kappa shape index (κ2) is 10.8. The Balaban J connectivity index is 1.52. The van der Waals surface area contributed by atoms with Crippen LogP contribution in [0, 0.1) is 5.92 Å². The van der Waals surface area contributed by atoms with Crippen LogP contribution in [0.3, 0.4) is 0 Å². The number of hydrogen-bond acceptors (Lipinski definition) is 6. The highest BCUT2D eigenvalue weighted by atomic mass is 32.2. The highest BCUT2D eigenvalue weighted by molar-refractivity contribution is 8.00. The first-order valence-corrected chi connectivity index (χ1v) is 12.5. The number of rotatable bonds is 7. The minimum atomic E-state index is -0.376. The highest BCUT2D eigenvalue weighted by Gasteiger charge is 2.30. The number of thioether (sulfide) groups is 1. The van der Waals surface area contributed by atoms with Gasteiger partial charge in [0.25, 0.3) is 0 Å². The number of hydrogen-bond donors (Lipinski definition) is 2. The van der Waals surface area contributed by atoms with Crippen molar-refractivity contribution >= 4 is 35.0 Å². The van der Waals surface area contributed by atoms with Crippen molar-refractivity contribution in [3.8, 4) is 11.4 Å². The molecule has 0 aliphatic heterocycles. The summed E-state index contributed by atoms with van der Waals surface area (Å²) in [4.78, 5) is 28.4. The lowest BCUT2D eigenvalue weighted by molar-refractivity contribution is -0.115. The van der Waals surface area contributed by atoms with E-state index in [0.717, 1.165) is 23.0 Å². The van der Waals surface area contributed by atoms with Gasteiger partial charge in [-0.1, -0.05) is 31.5 Å². The average molecular weight is 479 g/mol. The maximum atomic E-state index is 12.9. The number of benzene rings is 1. The highest BCUT2D eigenvalue weighted by Crippen LogP contribution is 2.39. The summed E-state index contributed by atoms with van der Waals surface area (Å²) in [7, 11) is 0. The van der Waals surface area contributed by atoms with Crippen LogP contribution in [0.1, 0.15) is 52.5 Å². The molecule has 2 N–H and O–H groups in total. The number of anilines is 2. The topological polar surface area (TPSA) is 102 Å². The van der Waals surface area contributed by atoms with Gasteiger partial charge in [0.1, 0.15) is 0 Å². The summed E-state index contributed by atoms with van der Waals surface area (Å²) in [6.45, 7) is 5.62. The van der Waals surface area contributed by atoms with Gasteiger partial charge in [-0.3, -0.25) is 19.1 Å². The van der Waals surface area contributed by atoms with Gasteiger partial charge in [0.15, 0.2) is 11.0 Å². The molecule has 0 bridgehead atoms. The van der Waals surface area contributed by atoms with Crippen LogP contribution in [0.5, 0.6) is 0 Å². The van der Waals surface area contributed by atoms with E-state index in [0.29, 0.717) is 17.3 Å². The number of aromatic nitrogens is 4. The lowest BCUT2D eigenvalue weighted by atomic mass is 9.85. The molecular formula is C25H30N6O2S. The Kier molecular flexibility index (Phi) is 7.62. The van der Waals surface area contributed by atoms with E-state index in [1.807, 2.05) is 25.3 Å². The second-order valence-corrected chi connectivity index (χ2v) is 10.1. The van der Waals surface area contributed by atoms with Crippen LogP contribution in [0.4, 0.5) is 11.4 Å². The zero-order valence-corrected chi connectivity index (χ0v) is 20.5. The molecule has 4 rings (SSSR count). The minimum absolute atomic E-state index is 0.119. The second-order valence-electron chi connectivity index (χ2n) is 8.75. The predicted octanol–water partition coefficient (Wildman–Crippen LogP) is 5.17. The van der Waals surface area contributed by atoms with Crippen LogP contribution < -0.4 is 10.6 Å². The first kappa shape index (κ1) is 23.9. The van der Waals surface area contributed by atoms with Crippen molar-refractivity contribution in [1.82, 2.24) is 19.7 Å². The summed E-state index contributed by atoms with van der Waals surface area (Å²) < 4.78 is 2.22. The van der Waals surface area contributed by atoms with E-state index >= 15 is 0 Å². The molecule has 1 aliphatic carbocycles. The smallest absolute Gasteiger partial charge is 0.237 e. The van der Waals surface area contributed by atoms with Crippen molar-refractivity contribution < 1.29 is 9.59 Å². The number of nitrogens with one attached hydrogen (secondary N) is 2. The van der Waals surface area contributed by atoms with Crippen molar-refractivity contribution in [3.05, 3.63) is 48.8 Å². The lowest BCUT2D eigenvalue weighted by Crippen LogP contribution is -2.25. The molecular weight excluding hydrogens is 448 g/mol. The molecule has 0 saturated heterocycles. The fourth-order valence-corrected chi connectivity index (χ4v) is 5.23. The van der Waals surface area contributed by atoms with E-state index in [1.165, 1.54) is 37.9 Å². The molecule has 1 saturated carbocycles. The monoisotopic (exact) mass is 478 g/mol. The van der Waals surface area contributed by atoms with E-state index < -0.39 is 0 Å². The van der Waals surface area contributed by atoms with Gasteiger partial charge >= 0.3 is 0 Å². The zero-order valence-electron chi connectivity index (χ0n) is 19.7. The molecule has 3 aromatic rings. The van der Waals surface area contributed by atoms with Gasteiger partial charge in [-0.2, -0.15) is 0 Å². The number of pyridine rings is 1. The van der Waals surface area contributed by atoms with E-state index in [2.05, 4.69) is 37.3 Å². The summed E-state index contributed by atoms with van der Waals surface area (Å²) in [6, 6.07) is 11.2. The van der Waals surface area contributed by atoms with Crippen molar-refractivity contribution in [2.45, 2.75) is 62.9 Å². The molecule has 1 aliphatic rings. The van der Waals surface area contributed by atoms with Crippen LogP contribution in [-0.2, 0) is 9.59 Å². The number of carbonyl (C=O) groups excluding carboxylic acids is 2. The minimum Gasteiger partial charge on any atom is -0.326 e. The third-order valence-corrected chi connectivity index (χ3v) is 7.16. The van der Waals surface area contributed by atoms with E-state index in [1.54, 1.807) is 30.5 Å². The van der Waals surface area contributed by atoms with Crippen LogP contribution in [0.25, 0.3) is 11.4 Å². The fourth-order valence-electron chi connectivity index (χ4n) is 4.32. The maximum Gasteiger partial charge on any atom is 0.237 e. The average Bonchev–Trinajstić information content (AvgIpc) is 3.24. The quantitative estimate of drug-likeness (QED) is 0.454. The van der Waals surface area contributed by atoms with E-state index in [9.17, 15) is 9.59 Å². The summed E-state index contributed by atoms with van der Waals surface area (Å²) >= 11 is 1.42. The molecule has 178 valence electrons. The van der Waals surface area contributed by atoms with Crippen molar-refractivity contribution in [3.63, 3.8) is 0 Å². The molecule has 0 spiro atoms. The molecule has 8 nitrogen and oxygen atoms in total. The molecule has 9 heteroatoms. The van der Waals surface area contributed by atoms with Crippen LogP contribution in [0.15, 0.2) is 53.9 Å². The molecule has 3 atom stereocenters. The molecule has 1 fully saturated rings. The Hall–Kier alpha value is -3.20. The van der Waals surface area contributed by atoms with Gasteiger partial charge in [-0.15, -0.1) is 10.2 Å². The van der Waals surface area contributed by atoms with E-state index in [4.69, 9.17) is 0 Å². The number of nitrogens with zero attached hydrogens (tertiary/aromatic N) is 4. The van der Waals surface area contributed by atoms with Crippen molar-refractivity contribution in [1.29, 1.82) is 0 Å². The van der Waals surface area contributed by atoms with Gasteiger partial charge in [0.05, 0.1) is 5.25 Å². The Labute approximate surface area is 204 Å². The zero-order chi connectivity index (χ0) is 24.1.